The molecule has 1 saturated heterocycles. The second-order valence-electron chi connectivity index (χ2n) is 8.91. The van der Waals surface area contributed by atoms with Gasteiger partial charge in [-0.25, -0.2) is 14.5 Å². The van der Waals surface area contributed by atoms with Crippen LogP contribution in [0.25, 0.3) is 11.4 Å². The Bertz CT molecular complexity index is 907. The molecule has 0 N–H and O–H groups in total. The monoisotopic (exact) mass is 427 g/mol. The summed E-state index contributed by atoms with van der Waals surface area (Å²) in [6, 6.07) is 3.87. The number of rotatable bonds is 5. The van der Waals surface area contributed by atoms with Gasteiger partial charge in [-0.2, -0.15) is 0 Å². The van der Waals surface area contributed by atoms with E-state index in [0.29, 0.717) is 17.3 Å². The Balaban J connectivity index is 1.44. The maximum absolute atomic E-state index is 12.5. The summed E-state index contributed by atoms with van der Waals surface area (Å²) in [5, 5.41) is 8.41. The van der Waals surface area contributed by atoms with Crippen molar-refractivity contribution in [1.82, 2.24) is 24.9 Å². The molecule has 2 fully saturated rings. The quantitative estimate of drug-likeness (QED) is 0.709. The first kappa shape index (κ1) is 21.6. The zero-order valence-electron chi connectivity index (χ0n) is 18.8. The normalized spacial score (nSPS) is 20.0. The van der Waals surface area contributed by atoms with E-state index in [1.165, 1.54) is 19.3 Å². The van der Waals surface area contributed by atoms with Crippen LogP contribution in [-0.4, -0.2) is 50.2 Å². The molecule has 1 saturated carbocycles. The van der Waals surface area contributed by atoms with Crippen LogP contribution in [0.2, 0.25) is 0 Å². The van der Waals surface area contributed by atoms with Gasteiger partial charge in [0, 0.05) is 20.1 Å². The average molecular weight is 428 g/mol. The van der Waals surface area contributed by atoms with E-state index < -0.39 is 0 Å². The van der Waals surface area contributed by atoms with Crippen molar-refractivity contribution in [3.8, 4) is 17.1 Å². The smallest absolute Gasteiger partial charge is 0.410 e. The standard InChI is InChI=1S/C23H33N5O3/c1-16-8-7-13-28(14-16)23(29)30-15-20-22(25-26-27(20)3)19-11-12-21(17(2)24-19)31-18-9-5-4-6-10-18/h11-12,16,18H,4-10,13-15H2,1-3H3. The van der Waals surface area contributed by atoms with Gasteiger partial charge in [-0.3, -0.25) is 0 Å². The summed E-state index contributed by atoms with van der Waals surface area (Å²) in [6.45, 7) is 5.73. The molecular weight excluding hydrogens is 394 g/mol. The fourth-order valence-corrected chi connectivity index (χ4v) is 4.48. The zero-order chi connectivity index (χ0) is 21.8. The molecule has 3 heterocycles. The molecule has 4 rings (SSSR count). The molecule has 1 aliphatic heterocycles. The Kier molecular flexibility index (Phi) is 6.73. The molecule has 0 bridgehead atoms. The van der Waals surface area contributed by atoms with Gasteiger partial charge in [0.15, 0.2) is 0 Å². The van der Waals surface area contributed by atoms with Crippen LogP contribution in [0.15, 0.2) is 12.1 Å². The van der Waals surface area contributed by atoms with Crippen molar-refractivity contribution in [3.05, 3.63) is 23.5 Å². The summed E-state index contributed by atoms with van der Waals surface area (Å²) >= 11 is 0. The van der Waals surface area contributed by atoms with Crippen LogP contribution in [0.1, 0.15) is 63.3 Å². The van der Waals surface area contributed by atoms with Crippen LogP contribution in [0.3, 0.4) is 0 Å². The predicted molar refractivity (Wildman–Crippen MR) is 117 cm³/mol. The van der Waals surface area contributed by atoms with Crippen molar-refractivity contribution in [2.75, 3.05) is 13.1 Å². The van der Waals surface area contributed by atoms with Crippen LogP contribution in [0, 0.1) is 12.8 Å². The summed E-state index contributed by atoms with van der Waals surface area (Å²) in [4.78, 5) is 19.0. The minimum Gasteiger partial charge on any atom is -0.489 e. The lowest BCUT2D eigenvalue weighted by molar-refractivity contribution is 0.0794. The largest absolute Gasteiger partial charge is 0.489 e. The van der Waals surface area contributed by atoms with Gasteiger partial charge in [-0.05, 0) is 63.5 Å². The highest BCUT2D eigenvalue weighted by Crippen LogP contribution is 2.28. The van der Waals surface area contributed by atoms with E-state index in [1.54, 1.807) is 16.6 Å². The predicted octanol–water partition coefficient (Wildman–Crippen LogP) is 4.27. The third kappa shape index (κ3) is 5.17. The fourth-order valence-electron chi connectivity index (χ4n) is 4.48. The van der Waals surface area contributed by atoms with E-state index in [1.807, 2.05) is 19.1 Å². The molecule has 1 amide bonds. The van der Waals surface area contributed by atoms with E-state index >= 15 is 0 Å². The molecule has 1 atom stereocenters. The summed E-state index contributed by atoms with van der Waals surface area (Å²) in [5.41, 5.74) is 2.90. The topological polar surface area (TPSA) is 82.4 Å². The highest BCUT2D eigenvalue weighted by atomic mass is 16.6. The van der Waals surface area contributed by atoms with E-state index in [9.17, 15) is 4.79 Å². The minimum atomic E-state index is -0.279. The van der Waals surface area contributed by atoms with Gasteiger partial charge < -0.3 is 14.4 Å². The number of carbonyl (C=O) groups excluding carboxylic acids is 1. The van der Waals surface area contributed by atoms with Crippen molar-refractivity contribution in [3.63, 3.8) is 0 Å². The number of hydrogen-bond acceptors (Lipinski definition) is 6. The van der Waals surface area contributed by atoms with Crippen molar-refractivity contribution in [1.29, 1.82) is 0 Å². The molecule has 1 unspecified atom stereocenters. The molecule has 8 heteroatoms. The number of aromatic nitrogens is 4. The Morgan fingerprint density at radius 1 is 1.16 bits per heavy atom. The van der Waals surface area contributed by atoms with Crippen LogP contribution in [0.5, 0.6) is 5.75 Å². The lowest BCUT2D eigenvalue weighted by Gasteiger charge is -2.30. The number of hydrogen-bond donors (Lipinski definition) is 0. The number of carbonyl (C=O) groups is 1. The third-order valence-corrected chi connectivity index (χ3v) is 6.32. The molecule has 0 radical (unpaired) electrons. The third-order valence-electron chi connectivity index (χ3n) is 6.32. The summed E-state index contributed by atoms with van der Waals surface area (Å²) in [6.07, 6.45) is 8.15. The van der Waals surface area contributed by atoms with Gasteiger partial charge >= 0.3 is 6.09 Å². The molecule has 2 aliphatic rings. The number of pyridine rings is 1. The molecule has 2 aromatic rings. The van der Waals surface area contributed by atoms with Crippen molar-refractivity contribution < 1.29 is 14.3 Å². The number of amides is 1. The maximum Gasteiger partial charge on any atom is 0.410 e. The number of ether oxygens (including phenoxy) is 2. The second kappa shape index (κ2) is 9.66. The summed E-state index contributed by atoms with van der Waals surface area (Å²) in [7, 11) is 1.80. The molecule has 0 aromatic carbocycles. The first-order valence-corrected chi connectivity index (χ1v) is 11.5. The van der Waals surface area contributed by atoms with Gasteiger partial charge in [-0.1, -0.05) is 18.6 Å². The SMILES string of the molecule is Cc1nc(-c2nnn(C)c2COC(=O)N2CCCC(C)C2)ccc1OC1CCCCC1. The van der Waals surface area contributed by atoms with Crippen LogP contribution < -0.4 is 4.74 Å². The van der Waals surface area contributed by atoms with Crippen molar-refractivity contribution in [2.45, 2.75) is 71.5 Å². The fraction of sp³-hybridized carbons (Fsp3) is 0.652. The molecule has 168 valence electrons. The van der Waals surface area contributed by atoms with E-state index in [-0.39, 0.29) is 18.8 Å². The minimum absolute atomic E-state index is 0.115. The van der Waals surface area contributed by atoms with Crippen molar-refractivity contribution >= 4 is 6.09 Å². The Labute approximate surface area is 183 Å². The van der Waals surface area contributed by atoms with E-state index in [0.717, 1.165) is 55.9 Å². The molecule has 8 nitrogen and oxygen atoms in total. The van der Waals surface area contributed by atoms with Gasteiger partial charge in [0.05, 0.1) is 17.5 Å². The number of piperidine rings is 1. The number of nitrogens with zero attached hydrogens (tertiary/aromatic N) is 5. The van der Waals surface area contributed by atoms with Gasteiger partial charge in [-0.15, -0.1) is 5.10 Å². The number of aryl methyl sites for hydroxylation is 2. The van der Waals surface area contributed by atoms with Crippen LogP contribution in [0.4, 0.5) is 4.79 Å². The lowest BCUT2D eigenvalue weighted by Crippen LogP contribution is -2.39. The van der Waals surface area contributed by atoms with Gasteiger partial charge in [0.2, 0.25) is 0 Å². The van der Waals surface area contributed by atoms with Crippen molar-refractivity contribution in [2.24, 2.45) is 13.0 Å². The lowest BCUT2D eigenvalue weighted by atomic mass is 9.98. The Morgan fingerprint density at radius 2 is 1.97 bits per heavy atom. The maximum atomic E-state index is 12.5. The van der Waals surface area contributed by atoms with Gasteiger partial charge in [0.1, 0.15) is 23.7 Å². The highest BCUT2D eigenvalue weighted by molar-refractivity contribution is 5.68. The highest BCUT2D eigenvalue weighted by Gasteiger charge is 2.24. The van der Waals surface area contributed by atoms with E-state index in [2.05, 4.69) is 17.2 Å². The summed E-state index contributed by atoms with van der Waals surface area (Å²) < 4.78 is 13.4. The molecule has 1 aliphatic carbocycles. The first-order valence-electron chi connectivity index (χ1n) is 11.5. The first-order chi connectivity index (χ1) is 15.0. The second-order valence-corrected chi connectivity index (χ2v) is 8.91. The Hall–Kier alpha value is -2.64. The average Bonchev–Trinajstić information content (AvgIpc) is 3.14. The van der Waals surface area contributed by atoms with Crippen LogP contribution in [-0.2, 0) is 18.4 Å². The number of likely N-dealkylation sites (tertiary alicyclic amines) is 1. The molecule has 31 heavy (non-hydrogen) atoms. The summed E-state index contributed by atoms with van der Waals surface area (Å²) in [5.74, 6) is 1.34. The Morgan fingerprint density at radius 3 is 2.71 bits per heavy atom. The molecule has 2 aromatic heterocycles. The van der Waals surface area contributed by atoms with Gasteiger partial charge in [0.25, 0.3) is 0 Å². The molecular formula is C23H33N5O3. The zero-order valence-corrected chi connectivity index (χ0v) is 18.8. The van der Waals surface area contributed by atoms with Crippen LogP contribution >= 0.6 is 0 Å². The molecule has 0 spiro atoms. The van der Waals surface area contributed by atoms with E-state index in [4.69, 9.17) is 14.5 Å².